The Morgan fingerprint density at radius 2 is 1.84 bits per heavy atom. The Bertz CT molecular complexity index is 590. The number of rotatable bonds is 1. The number of halogens is 1. The predicted molar refractivity (Wildman–Crippen MR) is 100 cm³/mol. The van der Waals surface area contributed by atoms with Gasteiger partial charge in [-0.1, -0.05) is 29.8 Å². The number of fused-ring (bicyclic) bond motifs is 5. The molecule has 4 saturated carbocycles. The fraction of sp³-hybridized carbons (Fsp3) is 0.905. The highest BCUT2D eigenvalue weighted by Crippen LogP contribution is 2.66. The minimum Gasteiger partial charge on any atom is -0.463 e. The molecule has 8 atom stereocenters. The highest BCUT2D eigenvalue weighted by atomic mass is 79.9. The van der Waals surface area contributed by atoms with Crippen LogP contribution in [0.5, 0.6) is 0 Å². The van der Waals surface area contributed by atoms with E-state index in [-0.39, 0.29) is 22.3 Å². The number of carbonyl (C=O) groups is 2. The van der Waals surface area contributed by atoms with Crippen molar-refractivity contribution in [2.75, 3.05) is 0 Å². The van der Waals surface area contributed by atoms with E-state index in [0.717, 1.165) is 31.6 Å². The van der Waals surface area contributed by atoms with Gasteiger partial charge in [-0.25, -0.2) is 0 Å². The third-order valence-corrected chi connectivity index (χ3v) is 9.44. The Labute approximate surface area is 159 Å². The highest BCUT2D eigenvalue weighted by molar-refractivity contribution is 9.10. The van der Waals surface area contributed by atoms with Crippen molar-refractivity contribution in [1.29, 1.82) is 0 Å². The molecule has 0 amide bonds. The van der Waals surface area contributed by atoms with Crippen molar-refractivity contribution in [2.24, 2.45) is 34.5 Å². The van der Waals surface area contributed by atoms with Gasteiger partial charge < -0.3 is 4.74 Å². The maximum absolute atomic E-state index is 12.7. The third kappa shape index (κ3) is 2.64. The normalized spacial score (nSPS) is 52.1. The first kappa shape index (κ1) is 18.0. The van der Waals surface area contributed by atoms with Crippen LogP contribution in [0.2, 0.25) is 0 Å². The summed E-state index contributed by atoms with van der Waals surface area (Å²) in [7, 11) is 0. The molecule has 4 fully saturated rings. The summed E-state index contributed by atoms with van der Waals surface area (Å²) in [5.74, 6) is 3.01. The molecular weight excluding hydrogens is 380 g/mol. The Hall–Kier alpha value is -0.380. The zero-order chi connectivity index (χ0) is 18.0. The molecular formula is C21H31BrO3. The van der Waals surface area contributed by atoms with Crippen LogP contribution in [0.3, 0.4) is 0 Å². The van der Waals surface area contributed by atoms with Gasteiger partial charge in [-0.05, 0) is 80.5 Å². The van der Waals surface area contributed by atoms with Gasteiger partial charge in [-0.2, -0.15) is 0 Å². The van der Waals surface area contributed by atoms with Gasteiger partial charge in [-0.3, -0.25) is 9.59 Å². The molecule has 0 aromatic heterocycles. The predicted octanol–water partition coefficient (Wildman–Crippen LogP) is 4.90. The van der Waals surface area contributed by atoms with Crippen molar-refractivity contribution < 1.29 is 14.3 Å². The molecule has 0 aliphatic heterocycles. The SMILES string of the molecule is CC(=O)O[C@H]1CCC2(C)C3CCC4(C)C(=O)[C@H](Br)CC4C3CC[C@@H]2C1. The van der Waals surface area contributed by atoms with E-state index in [1.807, 2.05) is 0 Å². The first-order valence-electron chi connectivity index (χ1n) is 10.1. The fourth-order valence-corrected chi connectivity index (χ4v) is 8.23. The number of alkyl halides is 1. The molecule has 25 heavy (non-hydrogen) atoms. The van der Waals surface area contributed by atoms with Crippen LogP contribution in [-0.2, 0) is 14.3 Å². The molecule has 140 valence electrons. The molecule has 3 nitrogen and oxygen atoms in total. The van der Waals surface area contributed by atoms with Crippen LogP contribution in [-0.4, -0.2) is 22.7 Å². The van der Waals surface area contributed by atoms with E-state index in [1.54, 1.807) is 0 Å². The fourth-order valence-electron chi connectivity index (χ4n) is 7.31. The number of esters is 1. The van der Waals surface area contributed by atoms with Crippen molar-refractivity contribution >= 4 is 27.7 Å². The first-order valence-corrected chi connectivity index (χ1v) is 11.0. The van der Waals surface area contributed by atoms with Crippen molar-refractivity contribution in [3.05, 3.63) is 0 Å². The Morgan fingerprint density at radius 3 is 2.56 bits per heavy atom. The Balaban J connectivity index is 1.55. The van der Waals surface area contributed by atoms with Gasteiger partial charge in [-0.15, -0.1) is 0 Å². The average molecular weight is 411 g/mol. The zero-order valence-corrected chi connectivity index (χ0v) is 17.3. The van der Waals surface area contributed by atoms with Crippen LogP contribution >= 0.6 is 15.9 Å². The quantitative estimate of drug-likeness (QED) is 0.455. The molecule has 0 bridgehead atoms. The lowest BCUT2D eigenvalue weighted by molar-refractivity contribution is -0.160. The number of ketones is 1. The van der Waals surface area contributed by atoms with Crippen LogP contribution < -0.4 is 0 Å². The van der Waals surface area contributed by atoms with E-state index in [9.17, 15) is 9.59 Å². The summed E-state index contributed by atoms with van der Waals surface area (Å²) in [6.07, 6.45) is 9.15. The van der Waals surface area contributed by atoms with Crippen molar-refractivity contribution in [2.45, 2.75) is 83.1 Å². The van der Waals surface area contributed by atoms with Crippen LogP contribution in [0, 0.1) is 34.5 Å². The van der Waals surface area contributed by atoms with Crippen molar-refractivity contribution in [3.8, 4) is 0 Å². The van der Waals surface area contributed by atoms with E-state index >= 15 is 0 Å². The second-order valence-electron chi connectivity index (χ2n) is 9.69. The monoisotopic (exact) mass is 410 g/mol. The van der Waals surface area contributed by atoms with Crippen molar-refractivity contribution in [3.63, 3.8) is 0 Å². The molecule has 5 unspecified atom stereocenters. The summed E-state index contributed by atoms with van der Waals surface area (Å²) in [5.41, 5.74) is 0.280. The zero-order valence-electron chi connectivity index (χ0n) is 15.7. The minimum atomic E-state index is -0.136. The van der Waals surface area contributed by atoms with Gasteiger partial charge in [0.1, 0.15) is 6.10 Å². The molecule has 0 N–H and O–H groups in total. The van der Waals surface area contributed by atoms with Gasteiger partial charge in [0, 0.05) is 12.3 Å². The lowest BCUT2D eigenvalue weighted by atomic mass is 9.45. The second-order valence-corrected chi connectivity index (χ2v) is 10.8. The topological polar surface area (TPSA) is 43.4 Å². The standard InChI is InChI=1S/C21H31BrO3/c1-12(23)25-14-6-8-20(2)13(10-14)4-5-15-16(20)7-9-21(3)17(15)11-18(22)19(21)24/h13-18H,4-11H2,1-3H3/t13-,14+,15?,16?,17?,18-,20?,21?/m1/s1. The largest absolute Gasteiger partial charge is 0.463 e. The maximum Gasteiger partial charge on any atom is 0.302 e. The van der Waals surface area contributed by atoms with Gasteiger partial charge in [0.05, 0.1) is 4.83 Å². The number of Topliss-reactive ketones (excluding diaryl/α,β-unsaturated/α-hetero) is 1. The van der Waals surface area contributed by atoms with Crippen LogP contribution in [0.25, 0.3) is 0 Å². The Kier molecular flexibility index (Phi) is 4.37. The van der Waals surface area contributed by atoms with Gasteiger partial charge in [0.15, 0.2) is 5.78 Å². The lowest BCUT2D eigenvalue weighted by Gasteiger charge is -2.60. The van der Waals surface area contributed by atoms with Crippen LogP contribution in [0.15, 0.2) is 0 Å². The maximum atomic E-state index is 12.7. The van der Waals surface area contributed by atoms with Crippen LogP contribution in [0.1, 0.15) is 72.1 Å². The van der Waals surface area contributed by atoms with E-state index in [4.69, 9.17) is 4.74 Å². The third-order valence-electron chi connectivity index (χ3n) is 8.65. The summed E-state index contributed by atoms with van der Waals surface area (Å²) in [4.78, 5) is 24.2. The Morgan fingerprint density at radius 1 is 1.08 bits per heavy atom. The molecule has 4 aliphatic carbocycles. The van der Waals surface area contributed by atoms with Crippen LogP contribution in [0.4, 0.5) is 0 Å². The molecule has 0 spiro atoms. The van der Waals surface area contributed by atoms with E-state index in [1.165, 1.54) is 32.6 Å². The summed E-state index contributed by atoms with van der Waals surface area (Å²) >= 11 is 3.66. The number of ether oxygens (including phenoxy) is 1. The number of hydrogen-bond acceptors (Lipinski definition) is 3. The molecule has 0 radical (unpaired) electrons. The van der Waals surface area contributed by atoms with E-state index in [0.29, 0.717) is 29.0 Å². The average Bonchev–Trinajstić information content (AvgIpc) is 2.78. The van der Waals surface area contributed by atoms with Gasteiger partial charge in [0.2, 0.25) is 0 Å². The summed E-state index contributed by atoms with van der Waals surface area (Å²) in [6.45, 7) is 6.27. The molecule has 4 aliphatic rings. The number of hydrogen-bond donors (Lipinski definition) is 0. The molecule has 0 aromatic carbocycles. The smallest absolute Gasteiger partial charge is 0.302 e. The first-order chi connectivity index (χ1) is 11.8. The summed E-state index contributed by atoms with van der Waals surface area (Å²) < 4.78 is 5.54. The molecule has 0 heterocycles. The molecule has 0 aromatic rings. The van der Waals surface area contributed by atoms with E-state index in [2.05, 4.69) is 29.8 Å². The lowest BCUT2D eigenvalue weighted by Crippen LogP contribution is -2.54. The molecule has 0 saturated heterocycles. The van der Waals surface area contributed by atoms with E-state index < -0.39 is 0 Å². The second kappa shape index (κ2) is 6.07. The van der Waals surface area contributed by atoms with Gasteiger partial charge in [0.25, 0.3) is 0 Å². The molecule has 4 rings (SSSR count). The summed E-state index contributed by atoms with van der Waals surface area (Å²) in [5, 5.41) is 0. The molecule has 4 heteroatoms. The minimum absolute atomic E-state index is 0.0754. The highest BCUT2D eigenvalue weighted by Gasteiger charge is 2.62. The summed E-state index contributed by atoms with van der Waals surface area (Å²) in [6, 6.07) is 0. The van der Waals surface area contributed by atoms with Crippen molar-refractivity contribution in [1.82, 2.24) is 0 Å². The van der Waals surface area contributed by atoms with Gasteiger partial charge >= 0.3 is 5.97 Å². The number of carbonyl (C=O) groups excluding carboxylic acids is 2.